The zero-order valence-corrected chi connectivity index (χ0v) is 11.8. The summed E-state index contributed by atoms with van der Waals surface area (Å²) in [6.07, 6.45) is 2.17. The van der Waals surface area contributed by atoms with Crippen LogP contribution < -0.4 is 10.6 Å². The Hall–Kier alpha value is -1.88. The largest absolute Gasteiger partial charge is 0.478 e. The molecule has 0 spiro atoms. The van der Waals surface area contributed by atoms with Crippen LogP contribution in [0.1, 0.15) is 42.6 Å². The van der Waals surface area contributed by atoms with Crippen LogP contribution in [-0.4, -0.2) is 29.1 Å². The molecule has 0 fully saturated rings. The molecule has 1 aromatic rings. The molecule has 108 valence electrons. The molecule has 20 heavy (non-hydrogen) atoms. The minimum Gasteiger partial charge on any atom is -0.478 e. The Bertz CT molecular complexity index is 552. The first-order valence-corrected chi connectivity index (χ1v) is 6.84. The second kappa shape index (κ2) is 5.25. The molecule has 1 unspecified atom stereocenters. The van der Waals surface area contributed by atoms with Gasteiger partial charge in [0.15, 0.2) is 0 Å². The highest BCUT2D eigenvalue weighted by molar-refractivity contribution is 6.01. The number of amides is 1. The van der Waals surface area contributed by atoms with Crippen molar-refractivity contribution < 1.29 is 14.7 Å². The van der Waals surface area contributed by atoms with Gasteiger partial charge in [0, 0.05) is 12.2 Å². The molecule has 1 aromatic carbocycles. The third-order valence-corrected chi connectivity index (χ3v) is 3.91. The Morgan fingerprint density at radius 1 is 1.45 bits per heavy atom. The van der Waals surface area contributed by atoms with E-state index in [0.29, 0.717) is 13.0 Å². The van der Waals surface area contributed by atoms with E-state index in [1.54, 1.807) is 24.0 Å². The minimum absolute atomic E-state index is 0.107. The van der Waals surface area contributed by atoms with Crippen LogP contribution in [0.4, 0.5) is 5.69 Å². The van der Waals surface area contributed by atoms with Crippen molar-refractivity contribution in [2.45, 2.75) is 38.6 Å². The molecule has 1 heterocycles. The van der Waals surface area contributed by atoms with Crippen LogP contribution in [0.25, 0.3) is 0 Å². The number of hydrogen-bond donors (Lipinski definition) is 2. The van der Waals surface area contributed by atoms with E-state index in [0.717, 1.165) is 24.1 Å². The summed E-state index contributed by atoms with van der Waals surface area (Å²) in [4.78, 5) is 25.2. The number of carbonyl (C=O) groups excluding carboxylic acids is 1. The van der Waals surface area contributed by atoms with E-state index in [9.17, 15) is 9.59 Å². The number of hydrogen-bond acceptors (Lipinski definition) is 3. The van der Waals surface area contributed by atoms with Crippen molar-refractivity contribution in [3.8, 4) is 0 Å². The van der Waals surface area contributed by atoms with E-state index in [4.69, 9.17) is 10.8 Å². The van der Waals surface area contributed by atoms with Gasteiger partial charge >= 0.3 is 5.97 Å². The van der Waals surface area contributed by atoms with Crippen molar-refractivity contribution in [2.24, 2.45) is 5.73 Å². The van der Waals surface area contributed by atoms with Crippen LogP contribution in [-0.2, 0) is 11.2 Å². The van der Waals surface area contributed by atoms with Crippen molar-refractivity contribution in [3.63, 3.8) is 0 Å². The standard InChI is InChI=1S/C15H20N2O3/c1-3-15(2,16)14(20)17-8-4-5-10-9-11(13(18)19)6-7-12(10)17/h6-7,9H,3-5,8,16H2,1-2H3,(H,18,19). The number of nitrogens with zero attached hydrogens (tertiary/aromatic N) is 1. The third kappa shape index (κ3) is 2.54. The van der Waals surface area contributed by atoms with Gasteiger partial charge in [-0.15, -0.1) is 0 Å². The molecule has 0 aromatic heterocycles. The molecule has 5 heteroatoms. The summed E-state index contributed by atoms with van der Waals surface area (Å²) in [6, 6.07) is 4.89. The Morgan fingerprint density at radius 3 is 2.75 bits per heavy atom. The molecular formula is C15H20N2O3. The number of anilines is 1. The van der Waals surface area contributed by atoms with Gasteiger partial charge in [-0.3, -0.25) is 4.79 Å². The first-order chi connectivity index (χ1) is 9.36. The first kappa shape index (κ1) is 14.5. The van der Waals surface area contributed by atoms with Crippen LogP contribution in [0, 0.1) is 0 Å². The molecule has 0 bridgehead atoms. The summed E-state index contributed by atoms with van der Waals surface area (Å²) in [5, 5.41) is 9.03. The number of aryl methyl sites for hydroxylation is 1. The van der Waals surface area contributed by atoms with Gasteiger partial charge in [-0.05, 0) is 49.9 Å². The number of aromatic carboxylic acids is 1. The normalized spacial score (nSPS) is 17.2. The lowest BCUT2D eigenvalue weighted by Gasteiger charge is -2.35. The zero-order valence-electron chi connectivity index (χ0n) is 11.8. The van der Waals surface area contributed by atoms with Gasteiger partial charge in [0.05, 0.1) is 11.1 Å². The summed E-state index contributed by atoms with van der Waals surface area (Å²) in [6.45, 7) is 4.25. The highest BCUT2D eigenvalue weighted by atomic mass is 16.4. The number of rotatable bonds is 3. The van der Waals surface area contributed by atoms with Crippen LogP contribution in [0.2, 0.25) is 0 Å². The molecule has 2 rings (SSSR count). The number of nitrogens with two attached hydrogens (primary N) is 1. The first-order valence-electron chi connectivity index (χ1n) is 6.84. The summed E-state index contributed by atoms with van der Waals surface area (Å²) in [5.41, 5.74) is 7.09. The van der Waals surface area contributed by atoms with Crippen LogP contribution >= 0.6 is 0 Å². The van der Waals surface area contributed by atoms with Crippen molar-refractivity contribution in [2.75, 3.05) is 11.4 Å². The number of carboxylic acid groups (broad SMARTS) is 1. The van der Waals surface area contributed by atoms with Crippen LogP contribution in [0.15, 0.2) is 18.2 Å². The second-order valence-electron chi connectivity index (χ2n) is 5.48. The molecule has 0 aliphatic carbocycles. The average molecular weight is 276 g/mol. The van der Waals surface area contributed by atoms with Gasteiger partial charge in [-0.25, -0.2) is 4.79 Å². The Labute approximate surface area is 118 Å². The van der Waals surface area contributed by atoms with Crippen molar-refractivity contribution in [1.29, 1.82) is 0 Å². The highest BCUT2D eigenvalue weighted by Gasteiger charge is 2.33. The van der Waals surface area contributed by atoms with Crippen molar-refractivity contribution in [3.05, 3.63) is 29.3 Å². The third-order valence-electron chi connectivity index (χ3n) is 3.91. The van der Waals surface area contributed by atoms with E-state index in [-0.39, 0.29) is 11.5 Å². The molecule has 1 aliphatic heterocycles. The monoisotopic (exact) mass is 276 g/mol. The molecule has 1 amide bonds. The maximum atomic E-state index is 12.5. The molecule has 3 N–H and O–H groups in total. The fraction of sp³-hybridized carbons (Fsp3) is 0.467. The van der Waals surface area contributed by atoms with Gasteiger partial charge in [0.2, 0.25) is 5.91 Å². The summed E-state index contributed by atoms with van der Waals surface area (Å²) in [5.74, 6) is -1.06. The van der Waals surface area contributed by atoms with E-state index in [1.807, 2.05) is 6.92 Å². The number of benzene rings is 1. The number of carbonyl (C=O) groups is 2. The average Bonchev–Trinajstić information content (AvgIpc) is 2.45. The van der Waals surface area contributed by atoms with Gasteiger partial charge in [0.25, 0.3) is 0 Å². The van der Waals surface area contributed by atoms with E-state index < -0.39 is 11.5 Å². The summed E-state index contributed by atoms with van der Waals surface area (Å²) < 4.78 is 0. The van der Waals surface area contributed by atoms with Crippen LogP contribution in [0.3, 0.4) is 0 Å². The maximum absolute atomic E-state index is 12.5. The van der Waals surface area contributed by atoms with E-state index >= 15 is 0 Å². The lowest BCUT2D eigenvalue weighted by molar-refractivity contribution is -0.123. The maximum Gasteiger partial charge on any atom is 0.335 e. The predicted molar refractivity (Wildman–Crippen MR) is 77.0 cm³/mol. The molecule has 0 saturated carbocycles. The van der Waals surface area contributed by atoms with Gasteiger partial charge in [-0.2, -0.15) is 0 Å². The van der Waals surface area contributed by atoms with Crippen molar-refractivity contribution >= 4 is 17.6 Å². The van der Waals surface area contributed by atoms with Gasteiger partial charge in [-0.1, -0.05) is 6.92 Å². The second-order valence-corrected chi connectivity index (χ2v) is 5.48. The quantitative estimate of drug-likeness (QED) is 0.881. The Balaban J connectivity index is 2.38. The molecule has 0 radical (unpaired) electrons. The molecule has 1 atom stereocenters. The molecule has 5 nitrogen and oxygen atoms in total. The highest BCUT2D eigenvalue weighted by Crippen LogP contribution is 2.30. The Morgan fingerprint density at radius 2 is 2.15 bits per heavy atom. The topological polar surface area (TPSA) is 83.6 Å². The summed E-state index contributed by atoms with van der Waals surface area (Å²) >= 11 is 0. The van der Waals surface area contributed by atoms with Crippen molar-refractivity contribution in [1.82, 2.24) is 0 Å². The molecular weight excluding hydrogens is 256 g/mol. The fourth-order valence-electron chi connectivity index (χ4n) is 2.40. The lowest BCUT2D eigenvalue weighted by Crippen LogP contribution is -2.54. The summed E-state index contributed by atoms with van der Waals surface area (Å²) in [7, 11) is 0. The van der Waals surface area contributed by atoms with Gasteiger partial charge < -0.3 is 15.7 Å². The van der Waals surface area contributed by atoms with E-state index in [2.05, 4.69) is 0 Å². The lowest BCUT2D eigenvalue weighted by atomic mass is 9.94. The molecule has 1 aliphatic rings. The van der Waals surface area contributed by atoms with E-state index in [1.165, 1.54) is 6.07 Å². The minimum atomic E-state index is -0.950. The smallest absolute Gasteiger partial charge is 0.335 e. The SMILES string of the molecule is CCC(C)(N)C(=O)N1CCCc2cc(C(=O)O)ccc21. The zero-order chi connectivity index (χ0) is 14.9. The van der Waals surface area contributed by atoms with Crippen LogP contribution in [0.5, 0.6) is 0 Å². The molecule has 0 saturated heterocycles. The van der Waals surface area contributed by atoms with Gasteiger partial charge in [0.1, 0.15) is 0 Å². The fourth-order valence-corrected chi connectivity index (χ4v) is 2.40. The Kier molecular flexibility index (Phi) is 3.81. The number of fused-ring (bicyclic) bond motifs is 1. The predicted octanol–water partition coefficient (Wildman–Crippen LogP) is 1.79. The number of carboxylic acids is 1.